The highest BCUT2D eigenvalue weighted by molar-refractivity contribution is 5.97. The number of nitrogens with zero attached hydrogens (tertiary/aromatic N) is 4. The molecule has 2 N–H and O–H groups in total. The van der Waals surface area contributed by atoms with E-state index < -0.39 is 5.60 Å². The molecular formula is C18H22N6O3. The summed E-state index contributed by atoms with van der Waals surface area (Å²) in [5, 5.41) is 16.9. The number of aromatic nitrogens is 4. The summed E-state index contributed by atoms with van der Waals surface area (Å²) in [4.78, 5) is 24.4. The van der Waals surface area contributed by atoms with Crippen LogP contribution in [0.3, 0.4) is 0 Å². The molecule has 0 bridgehead atoms. The van der Waals surface area contributed by atoms with Gasteiger partial charge in [0, 0.05) is 12.5 Å². The fraction of sp³-hybridized carbons (Fsp3) is 0.500. The molecule has 2 heterocycles. The first-order valence-corrected chi connectivity index (χ1v) is 9.20. The summed E-state index contributed by atoms with van der Waals surface area (Å²) in [6, 6.07) is 7.45. The molecule has 9 nitrogen and oxygen atoms in total. The monoisotopic (exact) mass is 370 g/mol. The molecule has 1 aliphatic carbocycles. The van der Waals surface area contributed by atoms with E-state index in [1.807, 2.05) is 18.2 Å². The van der Waals surface area contributed by atoms with Crippen LogP contribution in [0.15, 0.2) is 30.6 Å². The number of rotatable bonds is 4. The molecule has 0 saturated heterocycles. The van der Waals surface area contributed by atoms with Gasteiger partial charge in [0.15, 0.2) is 0 Å². The van der Waals surface area contributed by atoms with E-state index in [-0.39, 0.29) is 17.9 Å². The van der Waals surface area contributed by atoms with Gasteiger partial charge in [-0.15, -0.1) is 5.10 Å². The lowest BCUT2D eigenvalue weighted by molar-refractivity contribution is -0.122. The van der Waals surface area contributed by atoms with Gasteiger partial charge in [-0.05, 0) is 48.2 Å². The second-order valence-electron chi connectivity index (χ2n) is 7.13. The molecule has 0 atom stereocenters. The Kier molecular flexibility index (Phi) is 4.74. The summed E-state index contributed by atoms with van der Waals surface area (Å²) in [7, 11) is 0. The molecule has 1 spiro atoms. The molecule has 142 valence electrons. The zero-order valence-corrected chi connectivity index (χ0v) is 14.9. The fourth-order valence-corrected chi connectivity index (χ4v) is 3.71. The summed E-state index contributed by atoms with van der Waals surface area (Å²) in [5.41, 5.74) is 0.169. The van der Waals surface area contributed by atoms with Crippen LogP contribution in [0.1, 0.15) is 42.5 Å². The summed E-state index contributed by atoms with van der Waals surface area (Å²) in [5.74, 6) is 0.531. The number of tetrazole rings is 1. The van der Waals surface area contributed by atoms with E-state index in [4.69, 9.17) is 4.74 Å². The maximum absolute atomic E-state index is 12.2. The van der Waals surface area contributed by atoms with Crippen molar-refractivity contribution in [1.82, 2.24) is 30.8 Å². The van der Waals surface area contributed by atoms with Gasteiger partial charge in [-0.2, -0.15) is 0 Å². The molecule has 2 amide bonds. The van der Waals surface area contributed by atoms with E-state index in [0.29, 0.717) is 30.8 Å². The number of para-hydroxylation sites is 1. The summed E-state index contributed by atoms with van der Waals surface area (Å²) in [6.45, 7) is 0.946. The maximum Gasteiger partial charge on any atom is 0.255 e. The molecule has 0 unspecified atom stereocenters. The second-order valence-corrected chi connectivity index (χ2v) is 7.13. The van der Waals surface area contributed by atoms with Gasteiger partial charge in [0.2, 0.25) is 5.91 Å². The van der Waals surface area contributed by atoms with Gasteiger partial charge in [0.1, 0.15) is 17.7 Å². The lowest BCUT2D eigenvalue weighted by atomic mass is 9.81. The van der Waals surface area contributed by atoms with Crippen LogP contribution >= 0.6 is 0 Å². The van der Waals surface area contributed by atoms with Gasteiger partial charge in [0.05, 0.1) is 18.7 Å². The van der Waals surface area contributed by atoms with E-state index in [1.54, 1.807) is 6.07 Å². The van der Waals surface area contributed by atoms with Crippen molar-refractivity contribution in [2.24, 2.45) is 0 Å². The number of ether oxygens (including phenoxy) is 1. The molecule has 1 fully saturated rings. The molecule has 27 heavy (non-hydrogen) atoms. The van der Waals surface area contributed by atoms with Crippen LogP contribution in [0.5, 0.6) is 5.75 Å². The third kappa shape index (κ3) is 3.91. The van der Waals surface area contributed by atoms with Gasteiger partial charge >= 0.3 is 0 Å². The van der Waals surface area contributed by atoms with E-state index in [2.05, 4.69) is 26.2 Å². The quantitative estimate of drug-likeness (QED) is 0.819. The van der Waals surface area contributed by atoms with Crippen LogP contribution < -0.4 is 15.4 Å². The Morgan fingerprint density at radius 3 is 2.93 bits per heavy atom. The Morgan fingerprint density at radius 2 is 2.15 bits per heavy atom. The number of carbonyl (C=O) groups excluding carboxylic acids is 2. The molecule has 1 aliphatic heterocycles. The van der Waals surface area contributed by atoms with Crippen LogP contribution in [0, 0.1) is 0 Å². The van der Waals surface area contributed by atoms with Crippen molar-refractivity contribution in [3.05, 3.63) is 36.2 Å². The first kappa shape index (κ1) is 17.4. The van der Waals surface area contributed by atoms with Gasteiger partial charge in [-0.25, -0.2) is 4.68 Å². The van der Waals surface area contributed by atoms with Crippen LogP contribution in [0.25, 0.3) is 0 Å². The topological polar surface area (TPSA) is 111 Å². The average molecular weight is 370 g/mol. The zero-order chi connectivity index (χ0) is 18.7. The number of nitrogens with one attached hydrogen (secondary N) is 2. The SMILES string of the molecule is O=C(CCn1cnnn1)NC1CCC2(CC1)CNC(=O)c1ccccc1O2. The van der Waals surface area contributed by atoms with Gasteiger partial charge in [-0.1, -0.05) is 12.1 Å². The number of amides is 2. The third-order valence-electron chi connectivity index (χ3n) is 5.25. The Balaban J connectivity index is 1.32. The Hall–Kier alpha value is -2.97. The Morgan fingerprint density at radius 1 is 1.33 bits per heavy atom. The van der Waals surface area contributed by atoms with Crippen LogP contribution in [0.2, 0.25) is 0 Å². The summed E-state index contributed by atoms with van der Waals surface area (Å²) < 4.78 is 7.82. The van der Waals surface area contributed by atoms with Crippen molar-refractivity contribution in [2.45, 2.75) is 50.3 Å². The van der Waals surface area contributed by atoms with Crippen molar-refractivity contribution in [1.29, 1.82) is 0 Å². The molecule has 1 aromatic carbocycles. The van der Waals surface area contributed by atoms with E-state index in [0.717, 1.165) is 25.7 Å². The van der Waals surface area contributed by atoms with Crippen molar-refractivity contribution in [3.8, 4) is 5.75 Å². The van der Waals surface area contributed by atoms with Gasteiger partial charge < -0.3 is 15.4 Å². The Bertz CT molecular complexity index is 814. The number of benzene rings is 1. The zero-order valence-electron chi connectivity index (χ0n) is 14.9. The van der Waals surface area contributed by atoms with Crippen molar-refractivity contribution < 1.29 is 14.3 Å². The number of fused-ring (bicyclic) bond motifs is 1. The highest BCUT2D eigenvalue weighted by Crippen LogP contribution is 2.36. The molecular weight excluding hydrogens is 348 g/mol. The maximum atomic E-state index is 12.2. The van der Waals surface area contributed by atoms with Gasteiger partial charge in [-0.3, -0.25) is 9.59 Å². The molecule has 1 saturated carbocycles. The number of hydrogen-bond acceptors (Lipinski definition) is 6. The van der Waals surface area contributed by atoms with Crippen LogP contribution in [0.4, 0.5) is 0 Å². The lowest BCUT2D eigenvalue weighted by Crippen LogP contribution is -2.51. The number of carbonyl (C=O) groups is 2. The minimum atomic E-state index is -0.407. The smallest absolute Gasteiger partial charge is 0.255 e. The minimum Gasteiger partial charge on any atom is -0.485 e. The fourth-order valence-electron chi connectivity index (χ4n) is 3.71. The largest absolute Gasteiger partial charge is 0.485 e. The average Bonchev–Trinajstić information content (AvgIpc) is 3.16. The second kappa shape index (κ2) is 7.34. The molecule has 0 radical (unpaired) electrons. The molecule has 2 aromatic rings. The molecule has 9 heteroatoms. The predicted octanol–water partition coefficient (Wildman–Crippen LogP) is 0.683. The molecule has 1 aromatic heterocycles. The summed E-state index contributed by atoms with van der Waals surface area (Å²) in [6.07, 6.45) is 5.02. The minimum absolute atomic E-state index is 0.00752. The number of aryl methyl sites for hydroxylation is 1. The predicted molar refractivity (Wildman–Crippen MR) is 95.0 cm³/mol. The van der Waals surface area contributed by atoms with Crippen LogP contribution in [-0.4, -0.2) is 50.2 Å². The highest BCUT2D eigenvalue weighted by Gasteiger charge is 2.40. The molecule has 2 aliphatic rings. The third-order valence-corrected chi connectivity index (χ3v) is 5.25. The standard InChI is InChI=1S/C18H22N6O3/c25-16(7-10-24-12-20-22-23-24)21-13-5-8-18(9-6-13)11-19-17(26)14-3-1-2-4-15(14)27-18/h1-4,12-13H,5-11H2,(H,19,26)(H,21,25). The van der Waals surface area contributed by atoms with Crippen molar-refractivity contribution >= 4 is 11.8 Å². The van der Waals surface area contributed by atoms with Crippen LogP contribution in [-0.2, 0) is 11.3 Å². The highest BCUT2D eigenvalue weighted by atomic mass is 16.5. The van der Waals surface area contributed by atoms with Crippen molar-refractivity contribution in [2.75, 3.05) is 6.54 Å². The van der Waals surface area contributed by atoms with E-state index >= 15 is 0 Å². The first-order chi connectivity index (χ1) is 13.1. The van der Waals surface area contributed by atoms with E-state index in [1.165, 1.54) is 11.0 Å². The van der Waals surface area contributed by atoms with E-state index in [9.17, 15) is 9.59 Å². The normalized spacial score (nSPS) is 24.4. The lowest BCUT2D eigenvalue weighted by Gasteiger charge is -2.39. The molecule has 4 rings (SSSR count). The number of hydrogen-bond donors (Lipinski definition) is 2. The van der Waals surface area contributed by atoms with Gasteiger partial charge in [0.25, 0.3) is 5.91 Å². The summed E-state index contributed by atoms with van der Waals surface area (Å²) >= 11 is 0. The Labute approximate surface area is 156 Å². The van der Waals surface area contributed by atoms with Crippen molar-refractivity contribution in [3.63, 3.8) is 0 Å². The first-order valence-electron chi connectivity index (χ1n) is 9.20.